The molecular weight excluding hydrogens is 319 g/mol. The van der Waals surface area contributed by atoms with Crippen molar-refractivity contribution in [2.75, 3.05) is 11.5 Å². The van der Waals surface area contributed by atoms with Gasteiger partial charge in [-0.1, -0.05) is 10.8 Å². The first kappa shape index (κ1) is 23.2. The van der Waals surface area contributed by atoms with Crippen LogP contribution < -0.4 is 103 Å². The zero-order valence-electron chi connectivity index (χ0n) is 8.09. The van der Waals surface area contributed by atoms with Gasteiger partial charge in [0.2, 0.25) is 0 Å². The van der Waals surface area contributed by atoms with Gasteiger partial charge in [0.05, 0.1) is 0 Å². The fourth-order valence-corrected chi connectivity index (χ4v) is 2.64. The van der Waals surface area contributed by atoms with Crippen molar-refractivity contribution in [3.63, 3.8) is 0 Å². The maximum atomic E-state index is 10.4. The topological polar surface area (TPSA) is 80.3 Å². The minimum atomic E-state index is -3.30. The van der Waals surface area contributed by atoms with Crippen LogP contribution in [-0.2, 0) is 30.1 Å². The maximum Gasteiger partial charge on any atom is 1.00 e. The van der Waals surface area contributed by atoms with Crippen LogP contribution in [0.5, 0.6) is 0 Å². The Morgan fingerprint density at radius 2 is 1.86 bits per heavy atom. The van der Waals surface area contributed by atoms with E-state index in [2.05, 4.69) is 11.2 Å². The summed E-state index contributed by atoms with van der Waals surface area (Å²) in [5.74, 6) is 0.370. The van der Waals surface area contributed by atoms with E-state index in [-0.39, 0.29) is 109 Å². The van der Waals surface area contributed by atoms with Crippen molar-refractivity contribution in [1.82, 2.24) is 0 Å². The summed E-state index contributed by atoms with van der Waals surface area (Å²) in [5.41, 5.74) is 0. The summed E-state index contributed by atoms with van der Waals surface area (Å²) in [4.78, 5) is 0. The molecule has 2 atom stereocenters. The third kappa shape index (κ3) is 21.4. The Morgan fingerprint density at radius 1 is 1.36 bits per heavy atom. The Balaban J connectivity index is -0.000000605. The van der Waals surface area contributed by atoms with E-state index < -0.39 is 18.9 Å². The summed E-state index contributed by atoms with van der Waals surface area (Å²) in [6, 6.07) is 0. The molecule has 0 fully saturated rings. The third-order valence-corrected chi connectivity index (χ3v) is 3.98. The summed E-state index contributed by atoms with van der Waals surface area (Å²) in [5, 5.41) is 0. The summed E-state index contributed by atoms with van der Waals surface area (Å²) >= 11 is 4.13. The largest absolute Gasteiger partial charge is 1.00 e. The predicted molar refractivity (Wildman–Crippen MR) is 51.8 cm³/mol. The molecule has 0 rings (SSSR count). The molecule has 0 aliphatic heterocycles. The first-order valence-electron chi connectivity index (χ1n) is 3.08. The second-order valence-electron chi connectivity index (χ2n) is 2.00. The quantitative estimate of drug-likeness (QED) is 0.209. The third-order valence-electron chi connectivity index (χ3n) is 0.968. The minimum absolute atomic E-state index is 0. The van der Waals surface area contributed by atoms with E-state index in [1.54, 1.807) is 0 Å². The number of hydrogen-bond acceptors (Lipinski definition) is 6. The van der Waals surface area contributed by atoms with Crippen molar-refractivity contribution in [3.8, 4) is 0 Å². The predicted octanol–water partition coefficient (Wildman–Crippen LogP) is -5.82. The van der Waals surface area contributed by atoms with Crippen LogP contribution in [0.1, 0.15) is 12.8 Å². The van der Waals surface area contributed by atoms with Crippen LogP contribution in [0.25, 0.3) is 0 Å². The zero-order valence-corrected chi connectivity index (χ0v) is 17.6. The number of unbranched alkanes of at least 4 members (excludes halogenated alkanes) is 1. The molecule has 0 radical (unpaired) electrons. The number of rotatable bonds is 6. The second-order valence-corrected chi connectivity index (χ2v) is 7.62. The summed E-state index contributed by atoms with van der Waals surface area (Å²) in [6.07, 6.45) is 0.977. The molecule has 0 amide bonds. The van der Waals surface area contributed by atoms with Crippen LogP contribution in [-0.4, -0.2) is 29.0 Å². The van der Waals surface area contributed by atoms with Crippen LogP contribution in [0.4, 0.5) is 0 Å². The molecular formula is C4H8K2O4S4. The normalized spacial score (nSPS) is 15.9. The summed E-state index contributed by atoms with van der Waals surface area (Å²) < 4.78 is 40.8. The molecule has 74 valence electrons. The van der Waals surface area contributed by atoms with Gasteiger partial charge in [0, 0.05) is 21.6 Å². The molecule has 0 heterocycles. The molecule has 0 aliphatic rings. The average molecular weight is 327 g/mol. The molecule has 0 aromatic carbocycles. The molecule has 0 aromatic rings. The van der Waals surface area contributed by atoms with E-state index >= 15 is 0 Å². The van der Waals surface area contributed by atoms with Gasteiger partial charge in [-0.15, -0.1) is 0 Å². The van der Waals surface area contributed by atoms with Crippen LogP contribution in [0.3, 0.4) is 0 Å². The van der Waals surface area contributed by atoms with Crippen LogP contribution in [0.15, 0.2) is 0 Å². The van der Waals surface area contributed by atoms with Gasteiger partial charge in [-0.2, -0.15) is 0 Å². The smallest absolute Gasteiger partial charge is 0.769 e. The average Bonchev–Trinajstić information content (AvgIpc) is 1.83. The SMILES string of the molecule is O=S([O-])SCCCCS(=O)([O-])=S.[K+].[K+]. The standard InChI is InChI=1S/C4H10O4S4.2K/c5-11(6)10-3-1-2-4-12(7,8)9;;/h1-4H2,(H,5,6)(H,7,8,9);;/q;2*+1/p-2. The van der Waals surface area contributed by atoms with Crippen molar-refractivity contribution >= 4 is 40.9 Å². The minimum Gasteiger partial charge on any atom is -0.769 e. The molecule has 0 N–H and O–H groups in total. The van der Waals surface area contributed by atoms with Gasteiger partial charge in [-0.3, -0.25) is 8.42 Å². The molecule has 0 aliphatic carbocycles. The Hall–Kier alpha value is 4.06. The van der Waals surface area contributed by atoms with Crippen molar-refractivity contribution in [2.45, 2.75) is 12.8 Å². The molecule has 2 unspecified atom stereocenters. The molecule has 14 heavy (non-hydrogen) atoms. The van der Waals surface area contributed by atoms with Gasteiger partial charge in [0.25, 0.3) is 0 Å². The van der Waals surface area contributed by atoms with Crippen molar-refractivity contribution in [1.29, 1.82) is 0 Å². The van der Waals surface area contributed by atoms with E-state index in [0.29, 0.717) is 18.6 Å². The fourth-order valence-electron chi connectivity index (χ4n) is 0.508. The molecule has 0 bridgehead atoms. The Labute approximate surface area is 181 Å². The monoisotopic (exact) mass is 326 g/mol. The number of hydrogen-bond donors (Lipinski definition) is 0. The maximum absolute atomic E-state index is 10.4. The fraction of sp³-hybridized carbons (Fsp3) is 1.00. The van der Waals surface area contributed by atoms with Gasteiger partial charge in [-0.05, 0) is 32.8 Å². The molecule has 0 spiro atoms. The van der Waals surface area contributed by atoms with Crippen molar-refractivity contribution < 1.29 is 120 Å². The van der Waals surface area contributed by atoms with Crippen molar-refractivity contribution in [2.24, 2.45) is 0 Å². The van der Waals surface area contributed by atoms with Gasteiger partial charge >= 0.3 is 103 Å². The molecule has 0 aromatic heterocycles. The Kier molecular flexibility index (Phi) is 22.3. The zero-order chi connectivity index (χ0) is 9.61. The van der Waals surface area contributed by atoms with E-state index in [4.69, 9.17) is 0 Å². The summed E-state index contributed by atoms with van der Waals surface area (Å²) in [7, 11) is -4.63. The molecule has 4 nitrogen and oxygen atoms in total. The molecule has 0 saturated carbocycles. The van der Waals surface area contributed by atoms with Gasteiger partial charge in [0.15, 0.2) is 0 Å². The van der Waals surface area contributed by atoms with Crippen LogP contribution >= 0.6 is 10.8 Å². The first-order valence-corrected chi connectivity index (χ1v) is 8.23. The van der Waals surface area contributed by atoms with Crippen molar-refractivity contribution in [3.05, 3.63) is 0 Å². The van der Waals surface area contributed by atoms with Gasteiger partial charge in [-0.25, -0.2) is 0 Å². The van der Waals surface area contributed by atoms with E-state index in [9.17, 15) is 17.5 Å². The van der Waals surface area contributed by atoms with Gasteiger partial charge in [0.1, 0.15) is 0 Å². The van der Waals surface area contributed by atoms with Gasteiger partial charge < -0.3 is 9.11 Å². The van der Waals surface area contributed by atoms with E-state index in [1.165, 1.54) is 0 Å². The van der Waals surface area contributed by atoms with E-state index in [1.807, 2.05) is 0 Å². The van der Waals surface area contributed by atoms with Crippen LogP contribution in [0.2, 0.25) is 0 Å². The first-order chi connectivity index (χ1) is 5.42. The Bertz CT molecular complexity index is 242. The molecule has 0 saturated heterocycles. The second kappa shape index (κ2) is 13.5. The Morgan fingerprint density at radius 3 is 2.21 bits per heavy atom. The summed E-state index contributed by atoms with van der Waals surface area (Å²) in [6.45, 7) is 0. The van der Waals surface area contributed by atoms with Crippen LogP contribution in [0, 0.1) is 0 Å². The molecule has 10 heteroatoms. The van der Waals surface area contributed by atoms with E-state index in [0.717, 1.165) is 10.8 Å².